The summed E-state index contributed by atoms with van der Waals surface area (Å²) in [7, 11) is 2.72. The molecule has 2 heterocycles. The zero-order chi connectivity index (χ0) is 19.6. The lowest BCUT2D eigenvalue weighted by molar-refractivity contribution is -0.143. The van der Waals surface area contributed by atoms with Crippen LogP contribution in [0.1, 0.15) is 5.76 Å². The zero-order valence-electron chi connectivity index (χ0n) is 14.4. The number of carbonyl (C=O) groups is 3. The quantitative estimate of drug-likeness (QED) is 0.550. The number of imide groups is 1. The first-order valence-corrected chi connectivity index (χ1v) is 8.88. The van der Waals surface area contributed by atoms with Gasteiger partial charge in [0.1, 0.15) is 23.8 Å². The van der Waals surface area contributed by atoms with Crippen LogP contribution in [0.4, 0.5) is 4.79 Å². The van der Waals surface area contributed by atoms with E-state index in [2.05, 4.69) is 4.74 Å². The SMILES string of the molecule is COC(=O)CN1C(=O)S/C(=C/c2ccc(-c3cc(Cl)ccc3OC)o2)C1=O. The van der Waals surface area contributed by atoms with Crippen LogP contribution >= 0.6 is 23.4 Å². The van der Waals surface area contributed by atoms with Crippen LogP contribution in [-0.2, 0) is 14.3 Å². The van der Waals surface area contributed by atoms with Gasteiger partial charge in [0.15, 0.2) is 0 Å². The highest BCUT2D eigenvalue weighted by molar-refractivity contribution is 8.18. The normalized spacial score (nSPS) is 15.5. The maximum absolute atomic E-state index is 12.3. The topological polar surface area (TPSA) is 86.1 Å². The molecule has 1 aliphatic heterocycles. The smallest absolute Gasteiger partial charge is 0.325 e. The fraction of sp³-hybridized carbons (Fsp3) is 0.167. The molecule has 3 rings (SSSR count). The highest BCUT2D eigenvalue weighted by atomic mass is 35.5. The molecule has 1 fully saturated rings. The van der Waals surface area contributed by atoms with Gasteiger partial charge in [0.2, 0.25) is 0 Å². The molecule has 1 aromatic heterocycles. The minimum Gasteiger partial charge on any atom is -0.496 e. The molecule has 0 radical (unpaired) electrons. The van der Waals surface area contributed by atoms with Crippen LogP contribution in [0.25, 0.3) is 17.4 Å². The first-order chi connectivity index (χ1) is 12.9. The molecule has 0 spiro atoms. The first kappa shape index (κ1) is 19.1. The maximum Gasteiger partial charge on any atom is 0.325 e. The number of esters is 1. The van der Waals surface area contributed by atoms with Crippen molar-refractivity contribution in [3.05, 3.63) is 46.0 Å². The van der Waals surface area contributed by atoms with E-state index in [4.69, 9.17) is 20.8 Å². The maximum atomic E-state index is 12.3. The first-order valence-electron chi connectivity index (χ1n) is 7.69. The Labute approximate surface area is 163 Å². The van der Waals surface area contributed by atoms with Gasteiger partial charge in [-0.25, -0.2) is 0 Å². The number of hydrogen-bond acceptors (Lipinski definition) is 7. The van der Waals surface area contributed by atoms with Gasteiger partial charge in [0.05, 0.1) is 24.7 Å². The number of methoxy groups -OCH3 is 2. The number of rotatable bonds is 5. The molecule has 0 N–H and O–H groups in total. The Morgan fingerprint density at radius 2 is 2.04 bits per heavy atom. The molecule has 0 saturated carbocycles. The van der Waals surface area contributed by atoms with Crippen molar-refractivity contribution in [2.75, 3.05) is 20.8 Å². The van der Waals surface area contributed by atoms with E-state index in [1.165, 1.54) is 20.3 Å². The van der Waals surface area contributed by atoms with Gasteiger partial charge < -0.3 is 13.9 Å². The standard InChI is InChI=1S/C18H14ClNO6S/c1-24-13-5-3-10(19)7-12(13)14-6-4-11(26-14)8-15-17(22)20(18(23)27-15)9-16(21)25-2/h3-8H,9H2,1-2H3/b15-8+. The lowest BCUT2D eigenvalue weighted by Gasteiger charge is -2.09. The van der Waals surface area contributed by atoms with Gasteiger partial charge in [-0.3, -0.25) is 19.3 Å². The second-order valence-electron chi connectivity index (χ2n) is 5.39. The molecule has 1 aliphatic rings. The van der Waals surface area contributed by atoms with E-state index in [-0.39, 0.29) is 4.91 Å². The second-order valence-corrected chi connectivity index (χ2v) is 6.82. The number of amides is 2. The van der Waals surface area contributed by atoms with Crippen molar-refractivity contribution < 1.29 is 28.3 Å². The lowest BCUT2D eigenvalue weighted by Crippen LogP contribution is -2.34. The van der Waals surface area contributed by atoms with Gasteiger partial charge >= 0.3 is 5.97 Å². The highest BCUT2D eigenvalue weighted by Gasteiger charge is 2.36. The molecule has 1 aromatic carbocycles. The molecule has 0 unspecified atom stereocenters. The summed E-state index contributed by atoms with van der Waals surface area (Å²) < 4.78 is 15.5. The fourth-order valence-electron chi connectivity index (χ4n) is 2.41. The third kappa shape index (κ3) is 4.01. The minimum absolute atomic E-state index is 0.155. The van der Waals surface area contributed by atoms with Crippen molar-refractivity contribution >= 4 is 46.6 Å². The molecule has 27 heavy (non-hydrogen) atoms. The second kappa shape index (κ2) is 7.89. The van der Waals surface area contributed by atoms with E-state index in [1.807, 2.05) is 0 Å². The number of furan rings is 1. The zero-order valence-corrected chi connectivity index (χ0v) is 15.9. The predicted molar refractivity (Wildman–Crippen MR) is 100 cm³/mol. The summed E-state index contributed by atoms with van der Waals surface area (Å²) >= 11 is 6.76. The van der Waals surface area contributed by atoms with Crippen molar-refractivity contribution in [1.29, 1.82) is 0 Å². The van der Waals surface area contributed by atoms with Crippen molar-refractivity contribution in [3.8, 4) is 17.1 Å². The van der Waals surface area contributed by atoms with Gasteiger partial charge in [-0.1, -0.05) is 11.6 Å². The number of ether oxygens (including phenoxy) is 2. The third-order valence-corrected chi connectivity index (χ3v) is 4.86. The molecule has 7 nitrogen and oxygen atoms in total. The van der Waals surface area contributed by atoms with Gasteiger partial charge in [-0.2, -0.15) is 0 Å². The van der Waals surface area contributed by atoms with E-state index in [9.17, 15) is 14.4 Å². The van der Waals surface area contributed by atoms with Crippen molar-refractivity contribution in [1.82, 2.24) is 4.90 Å². The molecule has 140 valence electrons. The summed E-state index contributed by atoms with van der Waals surface area (Å²) in [5.41, 5.74) is 0.656. The molecule has 2 amide bonds. The highest BCUT2D eigenvalue weighted by Crippen LogP contribution is 2.36. The van der Waals surface area contributed by atoms with Crippen LogP contribution < -0.4 is 4.74 Å². The molecule has 2 aromatic rings. The summed E-state index contributed by atoms with van der Waals surface area (Å²) in [6, 6.07) is 8.49. The van der Waals surface area contributed by atoms with E-state index in [0.29, 0.717) is 27.9 Å². The van der Waals surface area contributed by atoms with E-state index < -0.39 is 23.7 Å². The molecular formula is C18H14ClNO6S. The fourth-order valence-corrected chi connectivity index (χ4v) is 3.40. The summed E-state index contributed by atoms with van der Waals surface area (Å²) in [6.45, 7) is -0.429. The Balaban J connectivity index is 1.86. The molecule has 1 saturated heterocycles. The third-order valence-electron chi connectivity index (χ3n) is 3.72. The van der Waals surface area contributed by atoms with Gasteiger partial charge in [-0.05, 0) is 42.1 Å². The summed E-state index contributed by atoms with van der Waals surface area (Å²) in [5.74, 6) is 0.198. The summed E-state index contributed by atoms with van der Waals surface area (Å²) in [4.78, 5) is 36.6. The van der Waals surface area contributed by atoms with E-state index in [1.54, 1.807) is 30.3 Å². The number of benzene rings is 1. The number of thioether (sulfide) groups is 1. The van der Waals surface area contributed by atoms with E-state index in [0.717, 1.165) is 16.7 Å². The largest absolute Gasteiger partial charge is 0.496 e. The Morgan fingerprint density at radius 1 is 1.26 bits per heavy atom. The van der Waals surface area contributed by atoms with Crippen molar-refractivity contribution in [2.24, 2.45) is 0 Å². The molecular weight excluding hydrogens is 394 g/mol. The average Bonchev–Trinajstić information content (AvgIpc) is 3.22. The number of hydrogen-bond donors (Lipinski definition) is 0. The lowest BCUT2D eigenvalue weighted by atomic mass is 10.1. The number of halogens is 1. The Morgan fingerprint density at radius 3 is 2.74 bits per heavy atom. The van der Waals surface area contributed by atoms with Crippen LogP contribution in [0, 0.1) is 0 Å². The number of nitrogens with zero attached hydrogens (tertiary/aromatic N) is 1. The molecule has 0 aliphatic carbocycles. The van der Waals surface area contributed by atoms with Crippen molar-refractivity contribution in [3.63, 3.8) is 0 Å². The molecule has 0 bridgehead atoms. The Hall–Kier alpha value is -2.71. The predicted octanol–water partition coefficient (Wildman–Crippen LogP) is 3.82. The van der Waals surface area contributed by atoms with Gasteiger partial charge in [-0.15, -0.1) is 0 Å². The monoisotopic (exact) mass is 407 g/mol. The molecule has 9 heteroatoms. The van der Waals surface area contributed by atoms with Crippen molar-refractivity contribution in [2.45, 2.75) is 0 Å². The van der Waals surface area contributed by atoms with Crippen LogP contribution in [0.3, 0.4) is 0 Å². The van der Waals surface area contributed by atoms with Gasteiger partial charge in [0, 0.05) is 11.1 Å². The summed E-state index contributed by atoms with van der Waals surface area (Å²) in [6.07, 6.45) is 1.45. The Kier molecular flexibility index (Phi) is 5.57. The van der Waals surface area contributed by atoms with Crippen LogP contribution in [-0.4, -0.2) is 42.8 Å². The van der Waals surface area contributed by atoms with Crippen LogP contribution in [0.2, 0.25) is 5.02 Å². The average molecular weight is 408 g/mol. The minimum atomic E-state index is -0.674. The summed E-state index contributed by atoms with van der Waals surface area (Å²) in [5, 5.41) is -0.0207. The van der Waals surface area contributed by atoms with Gasteiger partial charge in [0.25, 0.3) is 11.1 Å². The number of carbonyl (C=O) groups excluding carboxylic acids is 3. The Bertz CT molecular complexity index is 951. The molecule has 0 atom stereocenters. The van der Waals surface area contributed by atoms with Crippen LogP contribution in [0.15, 0.2) is 39.7 Å². The van der Waals surface area contributed by atoms with E-state index >= 15 is 0 Å². The van der Waals surface area contributed by atoms with Crippen LogP contribution in [0.5, 0.6) is 5.75 Å².